The summed E-state index contributed by atoms with van der Waals surface area (Å²) in [5.74, 6) is 1.48. The molecule has 2 aliphatic rings. The van der Waals surface area contributed by atoms with Crippen LogP contribution >= 0.6 is 0 Å². The Kier molecular flexibility index (Phi) is 5.02. The zero-order chi connectivity index (χ0) is 17.8. The van der Waals surface area contributed by atoms with Gasteiger partial charge in [0.15, 0.2) is 11.5 Å². The average Bonchev–Trinajstić information content (AvgIpc) is 2.69. The fourth-order valence-corrected chi connectivity index (χ4v) is 3.53. The number of likely N-dealkylation sites (tertiary alicyclic amines) is 1. The van der Waals surface area contributed by atoms with Crippen LogP contribution in [0.4, 0.5) is 5.69 Å². The number of benzene rings is 1. The molecule has 4 rings (SSSR count). The van der Waals surface area contributed by atoms with Gasteiger partial charge in [0.25, 0.3) is 0 Å². The zero-order valence-corrected chi connectivity index (χ0v) is 14.7. The van der Waals surface area contributed by atoms with E-state index in [1.807, 2.05) is 30.5 Å². The second-order valence-electron chi connectivity index (χ2n) is 6.78. The lowest BCUT2D eigenvalue weighted by atomic mass is 9.96. The van der Waals surface area contributed by atoms with E-state index in [1.165, 1.54) is 5.56 Å². The molecule has 0 bridgehead atoms. The molecule has 6 heteroatoms. The summed E-state index contributed by atoms with van der Waals surface area (Å²) in [5.41, 5.74) is 1.93. The molecule has 2 aliphatic heterocycles. The number of anilines is 1. The first-order valence-electron chi connectivity index (χ1n) is 9.10. The standard InChI is InChI=1S/C20H23N3O3/c24-20(22-17-5-6-18-19(11-17)26-10-9-25-18)16-4-2-8-23(14-16)13-15-3-1-7-21-12-15/h1,3,5-7,11-12,16H,2,4,8-10,13-14H2,(H,22,24)/t16-/m0/s1. The zero-order valence-electron chi connectivity index (χ0n) is 14.7. The van der Waals surface area contributed by atoms with Crippen LogP contribution in [0.25, 0.3) is 0 Å². The summed E-state index contributed by atoms with van der Waals surface area (Å²) in [5, 5.41) is 3.03. The van der Waals surface area contributed by atoms with E-state index in [9.17, 15) is 4.79 Å². The summed E-state index contributed by atoms with van der Waals surface area (Å²) in [6, 6.07) is 9.57. The van der Waals surface area contributed by atoms with Crippen molar-refractivity contribution in [1.29, 1.82) is 0 Å². The molecule has 1 aromatic carbocycles. The van der Waals surface area contributed by atoms with Crippen molar-refractivity contribution in [2.75, 3.05) is 31.6 Å². The molecule has 136 valence electrons. The van der Waals surface area contributed by atoms with Gasteiger partial charge in [-0.1, -0.05) is 6.07 Å². The van der Waals surface area contributed by atoms with E-state index in [4.69, 9.17) is 9.47 Å². The molecule has 1 N–H and O–H groups in total. The van der Waals surface area contributed by atoms with Crippen molar-refractivity contribution in [1.82, 2.24) is 9.88 Å². The number of ether oxygens (including phenoxy) is 2. The summed E-state index contributed by atoms with van der Waals surface area (Å²) in [6.07, 6.45) is 5.61. The van der Waals surface area contributed by atoms with Gasteiger partial charge in [-0.2, -0.15) is 0 Å². The van der Waals surface area contributed by atoms with E-state index >= 15 is 0 Å². The van der Waals surface area contributed by atoms with Gasteiger partial charge >= 0.3 is 0 Å². The number of rotatable bonds is 4. The van der Waals surface area contributed by atoms with Crippen LogP contribution in [-0.2, 0) is 11.3 Å². The van der Waals surface area contributed by atoms with Gasteiger partial charge in [-0.15, -0.1) is 0 Å². The van der Waals surface area contributed by atoms with E-state index < -0.39 is 0 Å². The number of pyridine rings is 1. The van der Waals surface area contributed by atoms with E-state index in [-0.39, 0.29) is 11.8 Å². The number of hydrogen-bond donors (Lipinski definition) is 1. The number of piperidine rings is 1. The average molecular weight is 353 g/mol. The third-order valence-electron chi connectivity index (χ3n) is 4.81. The number of hydrogen-bond acceptors (Lipinski definition) is 5. The normalized spacial score (nSPS) is 19.8. The van der Waals surface area contributed by atoms with Crippen LogP contribution in [0.1, 0.15) is 18.4 Å². The van der Waals surface area contributed by atoms with Crippen LogP contribution in [0.2, 0.25) is 0 Å². The Bertz CT molecular complexity index is 766. The third kappa shape index (κ3) is 3.96. The van der Waals surface area contributed by atoms with Crippen LogP contribution in [0.5, 0.6) is 11.5 Å². The predicted molar refractivity (Wildman–Crippen MR) is 98.3 cm³/mol. The van der Waals surface area contributed by atoms with Crippen LogP contribution in [0.3, 0.4) is 0 Å². The van der Waals surface area contributed by atoms with E-state index in [2.05, 4.69) is 21.3 Å². The summed E-state index contributed by atoms with van der Waals surface area (Å²) in [4.78, 5) is 19.2. The molecule has 2 aromatic rings. The van der Waals surface area contributed by atoms with Gasteiger partial charge in [-0.25, -0.2) is 0 Å². The highest BCUT2D eigenvalue weighted by Gasteiger charge is 2.26. The summed E-state index contributed by atoms with van der Waals surface area (Å²) in [7, 11) is 0. The molecule has 0 unspecified atom stereocenters. The van der Waals surface area contributed by atoms with Crippen molar-refractivity contribution in [3.63, 3.8) is 0 Å². The van der Waals surface area contributed by atoms with Gasteiger partial charge < -0.3 is 14.8 Å². The number of carbonyl (C=O) groups excluding carboxylic acids is 1. The monoisotopic (exact) mass is 353 g/mol. The predicted octanol–water partition coefficient (Wildman–Crippen LogP) is 2.70. The summed E-state index contributed by atoms with van der Waals surface area (Å²) >= 11 is 0. The topological polar surface area (TPSA) is 63.7 Å². The molecule has 0 spiro atoms. The number of aromatic nitrogens is 1. The van der Waals surface area contributed by atoms with Crippen molar-refractivity contribution in [2.24, 2.45) is 5.92 Å². The highest BCUT2D eigenvalue weighted by atomic mass is 16.6. The maximum Gasteiger partial charge on any atom is 0.228 e. The maximum absolute atomic E-state index is 12.7. The second kappa shape index (κ2) is 7.74. The van der Waals surface area contributed by atoms with E-state index in [1.54, 1.807) is 6.20 Å². The maximum atomic E-state index is 12.7. The Labute approximate surface area is 153 Å². The van der Waals surface area contributed by atoms with Crippen molar-refractivity contribution in [2.45, 2.75) is 19.4 Å². The fourth-order valence-electron chi connectivity index (χ4n) is 3.53. The minimum absolute atomic E-state index is 0.00591. The second-order valence-corrected chi connectivity index (χ2v) is 6.78. The van der Waals surface area contributed by atoms with E-state index in [0.29, 0.717) is 19.0 Å². The lowest BCUT2D eigenvalue weighted by molar-refractivity contribution is -0.121. The van der Waals surface area contributed by atoms with Crippen LogP contribution in [0, 0.1) is 5.92 Å². The molecule has 1 fully saturated rings. The number of amides is 1. The molecular formula is C20H23N3O3. The lowest BCUT2D eigenvalue weighted by Gasteiger charge is -2.32. The van der Waals surface area contributed by atoms with Gasteiger partial charge in [-0.05, 0) is 43.1 Å². The SMILES string of the molecule is O=C(Nc1ccc2c(c1)OCCO2)[C@H]1CCCN(Cc2cccnc2)C1. The van der Waals surface area contributed by atoms with Gasteiger partial charge in [0.1, 0.15) is 13.2 Å². The van der Waals surface area contributed by atoms with Crippen LogP contribution in [0.15, 0.2) is 42.7 Å². The largest absolute Gasteiger partial charge is 0.486 e. The first-order valence-corrected chi connectivity index (χ1v) is 9.10. The van der Waals surface area contributed by atoms with Crippen LogP contribution in [-0.4, -0.2) is 42.1 Å². The van der Waals surface area contributed by atoms with Crippen molar-refractivity contribution in [3.8, 4) is 11.5 Å². The molecule has 1 amide bonds. The number of fused-ring (bicyclic) bond motifs is 1. The first kappa shape index (κ1) is 16.8. The molecule has 1 saturated heterocycles. The highest BCUT2D eigenvalue weighted by molar-refractivity contribution is 5.93. The molecule has 26 heavy (non-hydrogen) atoms. The Morgan fingerprint density at radius 2 is 2.12 bits per heavy atom. The number of carbonyl (C=O) groups is 1. The quantitative estimate of drug-likeness (QED) is 0.916. The van der Waals surface area contributed by atoms with Gasteiger partial charge in [0.2, 0.25) is 5.91 Å². The molecule has 6 nitrogen and oxygen atoms in total. The first-order chi connectivity index (χ1) is 12.8. The molecule has 1 aromatic heterocycles. The number of nitrogens with one attached hydrogen (secondary N) is 1. The molecule has 1 atom stereocenters. The smallest absolute Gasteiger partial charge is 0.228 e. The van der Waals surface area contributed by atoms with Crippen molar-refractivity contribution < 1.29 is 14.3 Å². The summed E-state index contributed by atoms with van der Waals surface area (Å²) < 4.78 is 11.1. The Balaban J connectivity index is 1.37. The van der Waals surface area contributed by atoms with E-state index in [0.717, 1.165) is 43.9 Å². The van der Waals surface area contributed by atoms with Crippen LogP contribution < -0.4 is 14.8 Å². The molecule has 0 radical (unpaired) electrons. The molecule has 0 saturated carbocycles. The van der Waals surface area contributed by atoms with Gasteiger partial charge in [0.05, 0.1) is 5.92 Å². The third-order valence-corrected chi connectivity index (χ3v) is 4.81. The van der Waals surface area contributed by atoms with Crippen molar-refractivity contribution >= 4 is 11.6 Å². The summed E-state index contributed by atoms with van der Waals surface area (Å²) in [6.45, 7) is 3.72. The minimum atomic E-state index is -0.00591. The van der Waals surface area contributed by atoms with Crippen molar-refractivity contribution in [3.05, 3.63) is 48.3 Å². The Hall–Kier alpha value is -2.60. The van der Waals surface area contributed by atoms with Gasteiger partial charge in [0, 0.05) is 37.2 Å². The lowest BCUT2D eigenvalue weighted by Crippen LogP contribution is -2.40. The van der Waals surface area contributed by atoms with Gasteiger partial charge in [-0.3, -0.25) is 14.7 Å². The Morgan fingerprint density at radius 1 is 1.23 bits per heavy atom. The molecule has 0 aliphatic carbocycles. The molecular weight excluding hydrogens is 330 g/mol. The Morgan fingerprint density at radius 3 is 2.96 bits per heavy atom. The molecule has 3 heterocycles. The highest BCUT2D eigenvalue weighted by Crippen LogP contribution is 2.33. The minimum Gasteiger partial charge on any atom is -0.486 e. The number of nitrogens with zero attached hydrogens (tertiary/aromatic N) is 2. The fraction of sp³-hybridized carbons (Fsp3) is 0.400.